The SMILES string of the molecule is CCNC(=NCc1ccccc1CO)NCCCOCC. The van der Waals surface area contributed by atoms with Crippen molar-refractivity contribution in [3.63, 3.8) is 0 Å². The molecule has 3 N–H and O–H groups in total. The number of aliphatic imine (C=N–C) groups is 1. The highest BCUT2D eigenvalue weighted by Crippen LogP contribution is 2.09. The van der Waals surface area contributed by atoms with E-state index >= 15 is 0 Å². The van der Waals surface area contributed by atoms with Gasteiger partial charge in [0.05, 0.1) is 13.2 Å². The molecule has 21 heavy (non-hydrogen) atoms. The largest absolute Gasteiger partial charge is 0.392 e. The molecule has 0 aliphatic heterocycles. The van der Waals surface area contributed by atoms with E-state index in [9.17, 15) is 5.11 Å². The van der Waals surface area contributed by atoms with Gasteiger partial charge in [-0.3, -0.25) is 0 Å². The first-order chi connectivity index (χ1) is 10.3. The molecule has 5 nitrogen and oxygen atoms in total. The molecule has 0 atom stereocenters. The van der Waals surface area contributed by atoms with E-state index < -0.39 is 0 Å². The van der Waals surface area contributed by atoms with Gasteiger partial charge in [-0.25, -0.2) is 4.99 Å². The summed E-state index contributed by atoms with van der Waals surface area (Å²) in [4.78, 5) is 4.55. The van der Waals surface area contributed by atoms with Crippen LogP contribution in [0.25, 0.3) is 0 Å². The quantitative estimate of drug-likeness (QED) is 0.368. The maximum atomic E-state index is 9.32. The summed E-state index contributed by atoms with van der Waals surface area (Å²) in [5.74, 6) is 0.793. The van der Waals surface area contributed by atoms with Gasteiger partial charge >= 0.3 is 0 Å². The van der Waals surface area contributed by atoms with E-state index in [0.29, 0.717) is 6.54 Å². The highest BCUT2D eigenvalue weighted by atomic mass is 16.5. The average Bonchev–Trinajstić information content (AvgIpc) is 2.52. The van der Waals surface area contributed by atoms with Crippen molar-refractivity contribution in [2.45, 2.75) is 33.4 Å². The zero-order chi connectivity index (χ0) is 15.3. The van der Waals surface area contributed by atoms with Crippen molar-refractivity contribution in [2.24, 2.45) is 4.99 Å². The van der Waals surface area contributed by atoms with Gasteiger partial charge in [0.25, 0.3) is 0 Å². The third-order valence-corrected chi connectivity index (χ3v) is 3.00. The Kier molecular flexibility index (Phi) is 9.24. The lowest BCUT2D eigenvalue weighted by atomic mass is 10.1. The number of aliphatic hydroxyl groups excluding tert-OH is 1. The Morgan fingerprint density at radius 2 is 1.95 bits per heavy atom. The molecule has 0 aliphatic carbocycles. The summed E-state index contributed by atoms with van der Waals surface area (Å²) < 4.78 is 5.31. The van der Waals surface area contributed by atoms with Gasteiger partial charge in [-0.1, -0.05) is 24.3 Å². The Morgan fingerprint density at radius 3 is 2.62 bits per heavy atom. The molecule has 0 aliphatic rings. The molecule has 118 valence electrons. The maximum absolute atomic E-state index is 9.32. The molecule has 0 spiro atoms. The van der Waals surface area contributed by atoms with Crippen molar-refractivity contribution in [1.82, 2.24) is 10.6 Å². The van der Waals surface area contributed by atoms with E-state index in [1.165, 1.54) is 0 Å². The van der Waals surface area contributed by atoms with Gasteiger partial charge in [-0.2, -0.15) is 0 Å². The minimum Gasteiger partial charge on any atom is -0.392 e. The highest BCUT2D eigenvalue weighted by molar-refractivity contribution is 5.79. The van der Waals surface area contributed by atoms with Crippen molar-refractivity contribution >= 4 is 5.96 Å². The smallest absolute Gasteiger partial charge is 0.191 e. The van der Waals surface area contributed by atoms with Crippen LogP contribution < -0.4 is 10.6 Å². The Bertz CT molecular complexity index is 422. The van der Waals surface area contributed by atoms with Crippen LogP contribution in [0.1, 0.15) is 31.4 Å². The number of hydrogen-bond donors (Lipinski definition) is 3. The lowest BCUT2D eigenvalue weighted by Gasteiger charge is -2.12. The van der Waals surface area contributed by atoms with Crippen LogP contribution in [-0.4, -0.2) is 37.4 Å². The van der Waals surface area contributed by atoms with Crippen molar-refractivity contribution in [2.75, 3.05) is 26.3 Å². The third-order valence-electron chi connectivity index (χ3n) is 3.00. The summed E-state index contributed by atoms with van der Waals surface area (Å²) in [6.07, 6.45) is 0.950. The molecule has 0 amide bonds. The molecule has 0 radical (unpaired) electrons. The standard InChI is InChI=1S/C16H27N3O2/c1-3-17-16(18-10-7-11-21-4-2)19-12-14-8-5-6-9-15(14)13-20/h5-6,8-9,20H,3-4,7,10-13H2,1-2H3,(H2,17,18,19). The van der Waals surface area contributed by atoms with E-state index in [1.807, 2.05) is 38.1 Å². The molecule has 0 fully saturated rings. The van der Waals surface area contributed by atoms with E-state index in [0.717, 1.165) is 49.8 Å². The number of rotatable bonds is 9. The van der Waals surface area contributed by atoms with Gasteiger partial charge in [-0.05, 0) is 31.4 Å². The number of nitrogens with zero attached hydrogens (tertiary/aromatic N) is 1. The van der Waals surface area contributed by atoms with E-state index in [1.54, 1.807) is 0 Å². The van der Waals surface area contributed by atoms with Gasteiger partial charge in [0.15, 0.2) is 5.96 Å². The highest BCUT2D eigenvalue weighted by Gasteiger charge is 2.01. The maximum Gasteiger partial charge on any atom is 0.191 e. The summed E-state index contributed by atoms with van der Waals surface area (Å²) in [7, 11) is 0. The molecular formula is C16H27N3O2. The molecule has 0 saturated heterocycles. The zero-order valence-electron chi connectivity index (χ0n) is 13.1. The molecule has 0 unspecified atom stereocenters. The summed E-state index contributed by atoms with van der Waals surface area (Å²) in [6, 6.07) is 7.81. The molecular weight excluding hydrogens is 266 g/mol. The van der Waals surface area contributed by atoms with Crippen LogP contribution in [0.5, 0.6) is 0 Å². The van der Waals surface area contributed by atoms with Crippen LogP contribution in [0.3, 0.4) is 0 Å². The molecule has 1 aromatic rings. The summed E-state index contributed by atoms with van der Waals surface area (Å²) in [6.45, 7) is 7.80. The van der Waals surface area contributed by atoms with Gasteiger partial charge in [0.2, 0.25) is 0 Å². The number of nitrogens with one attached hydrogen (secondary N) is 2. The normalized spacial score (nSPS) is 11.5. The molecule has 1 aromatic carbocycles. The molecule has 5 heteroatoms. The Hall–Kier alpha value is -1.59. The predicted molar refractivity (Wildman–Crippen MR) is 86.3 cm³/mol. The average molecular weight is 293 g/mol. The fourth-order valence-electron chi connectivity index (χ4n) is 1.90. The number of benzene rings is 1. The lowest BCUT2D eigenvalue weighted by Crippen LogP contribution is -2.38. The van der Waals surface area contributed by atoms with E-state index in [2.05, 4.69) is 15.6 Å². The third kappa shape index (κ3) is 7.11. The monoisotopic (exact) mass is 293 g/mol. The van der Waals surface area contributed by atoms with Crippen molar-refractivity contribution in [3.05, 3.63) is 35.4 Å². The second-order valence-corrected chi connectivity index (χ2v) is 4.60. The molecule has 0 heterocycles. The first-order valence-corrected chi connectivity index (χ1v) is 7.59. The Balaban J connectivity index is 2.50. The van der Waals surface area contributed by atoms with Gasteiger partial charge < -0.3 is 20.5 Å². The predicted octanol–water partition coefficient (Wildman–Crippen LogP) is 1.66. The minimum absolute atomic E-state index is 0.0457. The van der Waals surface area contributed by atoms with Crippen LogP contribution in [0, 0.1) is 0 Å². The number of hydrogen-bond acceptors (Lipinski definition) is 3. The van der Waals surface area contributed by atoms with E-state index in [-0.39, 0.29) is 6.61 Å². The molecule has 0 saturated carbocycles. The second kappa shape index (κ2) is 11.1. The fraction of sp³-hybridized carbons (Fsp3) is 0.562. The first kappa shape index (κ1) is 17.5. The van der Waals surface area contributed by atoms with Crippen molar-refractivity contribution in [3.8, 4) is 0 Å². The lowest BCUT2D eigenvalue weighted by molar-refractivity contribution is 0.145. The molecule has 0 aromatic heterocycles. The van der Waals surface area contributed by atoms with E-state index in [4.69, 9.17) is 4.74 Å². The second-order valence-electron chi connectivity index (χ2n) is 4.60. The van der Waals surface area contributed by atoms with Crippen LogP contribution >= 0.6 is 0 Å². The van der Waals surface area contributed by atoms with Crippen molar-refractivity contribution in [1.29, 1.82) is 0 Å². The van der Waals surface area contributed by atoms with Crippen LogP contribution in [0.4, 0.5) is 0 Å². The van der Waals surface area contributed by atoms with Crippen LogP contribution in [0.15, 0.2) is 29.3 Å². The van der Waals surface area contributed by atoms with Gasteiger partial charge in [-0.15, -0.1) is 0 Å². The first-order valence-electron chi connectivity index (χ1n) is 7.59. The Morgan fingerprint density at radius 1 is 1.19 bits per heavy atom. The van der Waals surface area contributed by atoms with Gasteiger partial charge in [0, 0.05) is 26.3 Å². The fourth-order valence-corrected chi connectivity index (χ4v) is 1.90. The zero-order valence-corrected chi connectivity index (χ0v) is 13.1. The summed E-state index contributed by atoms with van der Waals surface area (Å²) in [5.41, 5.74) is 1.97. The summed E-state index contributed by atoms with van der Waals surface area (Å²) in [5, 5.41) is 15.8. The number of ether oxygens (including phenoxy) is 1. The Labute approximate surface area is 127 Å². The van der Waals surface area contributed by atoms with Gasteiger partial charge in [0.1, 0.15) is 0 Å². The van der Waals surface area contributed by atoms with Crippen LogP contribution in [0.2, 0.25) is 0 Å². The number of guanidine groups is 1. The van der Waals surface area contributed by atoms with Crippen molar-refractivity contribution < 1.29 is 9.84 Å². The van der Waals surface area contributed by atoms with Crippen LogP contribution in [-0.2, 0) is 17.9 Å². The summed E-state index contributed by atoms with van der Waals surface area (Å²) >= 11 is 0. The minimum atomic E-state index is 0.0457. The molecule has 0 bridgehead atoms. The molecule has 1 rings (SSSR count). The topological polar surface area (TPSA) is 65.9 Å². The number of aliphatic hydroxyl groups is 1.